The van der Waals surface area contributed by atoms with Gasteiger partial charge in [0, 0.05) is 37.5 Å². The maximum atomic E-state index is 13.1. The van der Waals surface area contributed by atoms with Gasteiger partial charge in [-0.15, -0.1) is 0 Å². The van der Waals surface area contributed by atoms with Gasteiger partial charge in [-0.25, -0.2) is 0 Å². The number of hydrogen-bond acceptors (Lipinski definition) is 4. The Morgan fingerprint density at radius 1 is 0.920 bits per heavy atom. The van der Waals surface area contributed by atoms with Gasteiger partial charge in [0.25, 0.3) is 0 Å². The van der Waals surface area contributed by atoms with Gasteiger partial charge >= 0.3 is 0 Å². The molecule has 0 bridgehead atoms. The largest absolute Gasteiger partial charge is 0.379 e. The molecule has 0 unspecified atom stereocenters. The zero-order valence-electron chi connectivity index (χ0n) is 15.8. The van der Waals surface area contributed by atoms with Gasteiger partial charge in [0.05, 0.1) is 19.0 Å². The predicted octanol–water partition coefficient (Wildman–Crippen LogP) is 3.55. The number of morpholine rings is 1. The fourth-order valence-electron chi connectivity index (χ4n) is 4.68. The first-order chi connectivity index (χ1) is 12.3. The SMILES string of the molecule is O=C(CSCCN1CCOCC1)N(C1CCCCC1)C1CCCCC1. The third-order valence-electron chi connectivity index (χ3n) is 6.11. The Hall–Kier alpha value is -0.260. The minimum absolute atomic E-state index is 0.422. The molecule has 0 N–H and O–H groups in total. The smallest absolute Gasteiger partial charge is 0.233 e. The molecule has 2 aliphatic carbocycles. The van der Waals surface area contributed by atoms with Crippen molar-refractivity contribution in [3.63, 3.8) is 0 Å². The number of carbonyl (C=O) groups is 1. The van der Waals surface area contributed by atoms with Crippen molar-refractivity contribution in [2.24, 2.45) is 0 Å². The van der Waals surface area contributed by atoms with Crippen LogP contribution in [0.3, 0.4) is 0 Å². The average molecular weight is 369 g/mol. The average Bonchev–Trinajstić information content (AvgIpc) is 2.68. The molecular weight excluding hydrogens is 332 g/mol. The zero-order chi connectivity index (χ0) is 17.3. The maximum Gasteiger partial charge on any atom is 0.233 e. The van der Waals surface area contributed by atoms with Crippen molar-refractivity contribution in [3.8, 4) is 0 Å². The van der Waals surface area contributed by atoms with E-state index >= 15 is 0 Å². The van der Waals surface area contributed by atoms with Crippen LogP contribution in [0.2, 0.25) is 0 Å². The zero-order valence-corrected chi connectivity index (χ0v) is 16.6. The van der Waals surface area contributed by atoms with Crippen molar-refractivity contribution in [1.29, 1.82) is 0 Å². The summed E-state index contributed by atoms with van der Waals surface area (Å²) in [6, 6.07) is 1.06. The number of ether oxygens (including phenoxy) is 1. The topological polar surface area (TPSA) is 32.8 Å². The van der Waals surface area contributed by atoms with E-state index < -0.39 is 0 Å². The summed E-state index contributed by atoms with van der Waals surface area (Å²) in [5.74, 6) is 2.16. The Morgan fingerprint density at radius 3 is 2.04 bits per heavy atom. The third kappa shape index (κ3) is 6.14. The molecule has 0 radical (unpaired) electrons. The summed E-state index contributed by atoms with van der Waals surface area (Å²) in [6.07, 6.45) is 12.9. The number of amides is 1. The number of rotatable bonds is 7. The van der Waals surface area contributed by atoms with Gasteiger partial charge in [0.1, 0.15) is 0 Å². The number of nitrogens with zero attached hydrogens (tertiary/aromatic N) is 2. The predicted molar refractivity (Wildman–Crippen MR) is 105 cm³/mol. The Balaban J connectivity index is 1.45. The molecule has 25 heavy (non-hydrogen) atoms. The van der Waals surface area contributed by atoms with Gasteiger partial charge in [-0.3, -0.25) is 9.69 Å². The van der Waals surface area contributed by atoms with Crippen molar-refractivity contribution >= 4 is 17.7 Å². The first kappa shape index (κ1) is 19.5. The van der Waals surface area contributed by atoms with Gasteiger partial charge in [0.2, 0.25) is 5.91 Å². The molecule has 144 valence electrons. The molecule has 1 amide bonds. The van der Waals surface area contributed by atoms with E-state index in [1.165, 1.54) is 64.2 Å². The van der Waals surface area contributed by atoms with Crippen LogP contribution in [-0.4, -0.2) is 72.1 Å². The highest BCUT2D eigenvalue weighted by atomic mass is 32.2. The van der Waals surface area contributed by atoms with Gasteiger partial charge < -0.3 is 9.64 Å². The Kier molecular flexibility index (Phi) is 8.41. The van der Waals surface area contributed by atoms with Crippen molar-refractivity contribution < 1.29 is 9.53 Å². The first-order valence-electron chi connectivity index (χ1n) is 10.5. The molecule has 4 nitrogen and oxygen atoms in total. The van der Waals surface area contributed by atoms with Gasteiger partial charge in [-0.05, 0) is 25.7 Å². The second-order valence-electron chi connectivity index (χ2n) is 7.89. The molecule has 3 aliphatic rings. The highest BCUT2D eigenvalue weighted by Gasteiger charge is 2.32. The first-order valence-corrected chi connectivity index (χ1v) is 11.7. The fraction of sp³-hybridized carbons (Fsp3) is 0.950. The summed E-state index contributed by atoms with van der Waals surface area (Å²) in [4.78, 5) is 17.9. The molecule has 5 heteroatoms. The molecule has 3 fully saturated rings. The standard InChI is InChI=1S/C20H36N2O2S/c23-20(17-25-16-13-21-11-14-24-15-12-21)22(18-7-3-1-4-8-18)19-9-5-2-6-10-19/h18-19H,1-17H2. The van der Waals surface area contributed by atoms with E-state index in [1.54, 1.807) is 0 Å². The van der Waals surface area contributed by atoms with Crippen molar-refractivity contribution in [2.75, 3.05) is 44.4 Å². The van der Waals surface area contributed by atoms with Crippen LogP contribution in [0.15, 0.2) is 0 Å². The Bertz CT molecular complexity index is 371. The van der Waals surface area contributed by atoms with Crippen LogP contribution in [0.5, 0.6) is 0 Å². The van der Waals surface area contributed by atoms with Crippen LogP contribution < -0.4 is 0 Å². The van der Waals surface area contributed by atoms with E-state index in [2.05, 4.69) is 9.80 Å². The van der Waals surface area contributed by atoms with E-state index in [0.717, 1.165) is 38.6 Å². The van der Waals surface area contributed by atoms with Gasteiger partial charge in [-0.2, -0.15) is 11.8 Å². The molecule has 1 aliphatic heterocycles. The maximum absolute atomic E-state index is 13.1. The van der Waals surface area contributed by atoms with Crippen LogP contribution >= 0.6 is 11.8 Å². The molecule has 0 aromatic rings. The van der Waals surface area contributed by atoms with Crippen LogP contribution in [0.25, 0.3) is 0 Å². The quantitative estimate of drug-likeness (QED) is 0.644. The molecule has 2 saturated carbocycles. The molecule has 0 atom stereocenters. The Labute approximate surface area is 158 Å². The summed E-state index contributed by atoms with van der Waals surface area (Å²) in [5, 5.41) is 0. The molecule has 3 rings (SSSR count). The van der Waals surface area contributed by atoms with Crippen molar-refractivity contribution in [2.45, 2.75) is 76.3 Å². The van der Waals surface area contributed by atoms with Crippen molar-refractivity contribution in [3.05, 3.63) is 0 Å². The van der Waals surface area contributed by atoms with E-state index in [9.17, 15) is 4.79 Å². The molecule has 0 aromatic carbocycles. The van der Waals surface area contributed by atoms with E-state index in [-0.39, 0.29) is 0 Å². The van der Waals surface area contributed by atoms with Gasteiger partial charge in [0.15, 0.2) is 0 Å². The highest BCUT2D eigenvalue weighted by molar-refractivity contribution is 7.99. The van der Waals surface area contributed by atoms with Crippen LogP contribution in [0, 0.1) is 0 Å². The lowest BCUT2D eigenvalue weighted by Crippen LogP contribution is -2.49. The van der Waals surface area contributed by atoms with Crippen LogP contribution in [0.4, 0.5) is 0 Å². The summed E-state index contributed by atoms with van der Waals surface area (Å²) in [5.41, 5.74) is 0. The number of carbonyl (C=O) groups excluding carboxylic acids is 1. The third-order valence-corrected chi connectivity index (χ3v) is 7.03. The molecular formula is C20H36N2O2S. The number of thioether (sulfide) groups is 1. The number of hydrogen-bond donors (Lipinski definition) is 0. The molecule has 0 spiro atoms. The summed E-state index contributed by atoms with van der Waals surface area (Å²) < 4.78 is 5.40. The van der Waals surface area contributed by atoms with E-state index in [4.69, 9.17) is 4.74 Å². The Morgan fingerprint density at radius 2 is 1.48 bits per heavy atom. The molecule has 0 aromatic heterocycles. The lowest BCUT2D eigenvalue weighted by atomic mass is 9.88. The van der Waals surface area contributed by atoms with Crippen LogP contribution in [-0.2, 0) is 9.53 Å². The lowest BCUT2D eigenvalue weighted by molar-refractivity contribution is -0.135. The second-order valence-corrected chi connectivity index (χ2v) is 9.00. The summed E-state index contributed by atoms with van der Waals surface area (Å²) >= 11 is 1.84. The van der Waals surface area contributed by atoms with E-state index in [1.807, 2.05) is 11.8 Å². The molecule has 1 heterocycles. The highest BCUT2D eigenvalue weighted by Crippen LogP contribution is 2.30. The minimum Gasteiger partial charge on any atom is -0.379 e. The van der Waals surface area contributed by atoms with E-state index in [0.29, 0.717) is 23.7 Å². The normalized spacial score (nSPS) is 24.3. The lowest BCUT2D eigenvalue weighted by Gasteiger charge is -2.42. The summed E-state index contributed by atoms with van der Waals surface area (Å²) in [7, 11) is 0. The van der Waals surface area contributed by atoms with Gasteiger partial charge in [-0.1, -0.05) is 38.5 Å². The monoisotopic (exact) mass is 368 g/mol. The second kappa shape index (κ2) is 10.8. The fourth-order valence-corrected chi connectivity index (χ4v) is 5.53. The van der Waals surface area contributed by atoms with Crippen molar-refractivity contribution in [1.82, 2.24) is 9.80 Å². The minimum atomic E-state index is 0.422. The summed E-state index contributed by atoms with van der Waals surface area (Å²) in [6.45, 7) is 4.91. The molecule has 1 saturated heterocycles. The van der Waals surface area contributed by atoms with Crippen LogP contribution in [0.1, 0.15) is 64.2 Å².